The number of aromatic nitrogens is 2. The first kappa shape index (κ1) is 21.1. The Balaban J connectivity index is 1.45. The molecule has 1 unspecified atom stereocenters. The summed E-state index contributed by atoms with van der Waals surface area (Å²) in [5.41, 5.74) is 0.220. The second kappa shape index (κ2) is 9.71. The van der Waals surface area contributed by atoms with Gasteiger partial charge in [0.2, 0.25) is 5.91 Å². The van der Waals surface area contributed by atoms with Crippen LogP contribution in [0.3, 0.4) is 0 Å². The van der Waals surface area contributed by atoms with Gasteiger partial charge in [0.05, 0.1) is 6.54 Å². The number of halogens is 3. The molecule has 1 amide bonds. The van der Waals surface area contributed by atoms with Gasteiger partial charge >= 0.3 is 12.2 Å². The van der Waals surface area contributed by atoms with Crippen LogP contribution in [0.4, 0.5) is 13.2 Å². The van der Waals surface area contributed by atoms with Crippen LogP contribution in [0.15, 0.2) is 42.6 Å². The lowest BCUT2D eigenvalue weighted by molar-refractivity contribution is -0.141. The number of alkyl halides is 3. The third-order valence-electron chi connectivity index (χ3n) is 4.88. The normalized spacial score (nSPS) is 17.2. The molecule has 1 fully saturated rings. The van der Waals surface area contributed by atoms with Gasteiger partial charge in [0.15, 0.2) is 5.69 Å². The molecule has 1 atom stereocenters. The van der Waals surface area contributed by atoms with Crippen molar-refractivity contribution in [2.75, 3.05) is 13.1 Å². The highest BCUT2D eigenvalue weighted by molar-refractivity contribution is 5.76. The molecule has 0 saturated carbocycles. The molecule has 0 spiro atoms. The number of nitrogens with zero attached hydrogens (tertiary/aromatic N) is 3. The van der Waals surface area contributed by atoms with Crippen LogP contribution < -0.4 is 4.74 Å². The van der Waals surface area contributed by atoms with Crippen molar-refractivity contribution >= 4 is 5.91 Å². The molecule has 5 nitrogen and oxygen atoms in total. The number of carbonyl (C=O) groups is 1. The smallest absolute Gasteiger partial charge is 0.433 e. The van der Waals surface area contributed by atoms with Crippen LogP contribution in [0.25, 0.3) is 0 Å². The minimum atomic E-state index is -4.55. The lowest BCUT2D eigenvalue weighted by atomic mass is 10.1. The molecule has 1 aromatic carbocycles. The van der Waals surface area contributed by atoms with Crippen molar-refractivity contribution in [2.45, 2.75) is 50.8 Å². The van der Waals surface area contributed by atoms with Crippen LogP contribution in [-0.4, -0.2) is 40.0 Å². The zero-order valence-electron chi connectivity index (χ0n) is 16.1. The molecule has 1 aromatic heterocycles. The summed E-state index contributed by atoms with van der Waals surface area (Å²) >= 11 is 0. The van der Waals surface area contributed by atoms with Gasteiger partial charge in [-0.05, 0) is 43.7 Å². The summed E-state index contributed by atoms with van der Waals surface area (Å²) in [6.07, 6.45) is 0.594. The van der Waals surface area contributed by atoms with Crippen molar-refractivity contribution in [2.24, 2.45) is 0 Å². The van der Waals surface area contributed by atoms with Gasteiger partial charge in [-0.25, -0.2) is 4.98 Å². The molecule has 0 radical (unpaired) electrons. The average Bonchev–Trinajstić information content (AvgIpc) is 2.72. The number of hydrogen-bond donors (Lipinski definition) is 0. The lowest BCUT2D eigenvalue weighted by Crippen LogP contribution is -2.44. The summed E-state index contributed by atoms with van der Waals surface area (Å²) in [7, 11) is 0. The second-order valence-corrected chi connectivity index (χ2v) is 7.14. The van der Waals surface area contributed by atoms with Crippen LogP contribution in [-0.2, 0) is 17.4 Å². The zero-order chi connectivity index (χ0) is 20.7. The number of rotatable bonds is 7. The summed E-state index contributed by atoms with van der Waals surface area (Å²) in [5.74, 6) is 0.0522. The maximum absolute atomic E-state index is 12.8. The standard InChI is InChI=1S/C21H24F3N3O2/c22-21(23,24)18-12-13-25-20(26-18)29-17-10-6-14-27(15-17)19(28)11-5-4-9-16-7-2-1-3-8-16/h1-3,7-8,12-13,17H,4-6,9-11,14-15H2. The summed E-state index contributed by atoms with van der Waals surface area (Å²) in [6, 6.07) is 10.6. The van der Waals surface area contributed by atoms with E-state index in [9.17, 15) is 18.0 Å². The molecule has 8 heteroatoms. The Hall–Kier alpha value is -2.64. The Morgan fingerprint density at radius 2 is 1.97 bits per heavy atom. The lowest BCUT2D eigenvalue weighted by Gasteiger charge is -2.32. The molecule has 1 aliphatic heterocycles. The van der Waals surface area contributed by atoms with Crippen molar-refractivity contribution in [3.63, 3.8) is 0 Å². The van der Waals surface area contributed by atoms with E-state index in [2.05, 4.69) is 22.1 Å². The van der Waals surface area contributed by atoms with Crippen molar-refractivity contribution in [1.29, 1.82) is 0 Å². The van der Waals surface area contributed by atoms with Gasteiger partial charge in [0, 0.05) is 19.2 Å². The Kier molecular flexibility index (Phi) is 7.06. The Labute approximate surface area is 167 Å². The number of piperidine rings is 1. The second-order valence-electron chi connectivity index (χ2n) is 7.14. The first-order valence-corrected chi connectivity index (χ1v) is 9.80. The number of ether oxygens (including phenoxy) is 1. The van der Waals surface area contributed by atoms with E-state index >= 15 is 0 Å². The van der Waals surface area contributed by atoms with E-state index in [0.29, 0.717) is 25.9 Å². The van der Waals surface area contributed by atoms with E-state index in [-0.39, 0.29) is 11.9 Å². The maximum atomic E-state index is 12.8. The Morgan fingerprint density at radius 1 is 1.17 bits per heavy atom. The van der Waals surface area contributed by atoms with Crippen LogP contribution >= 0.6 is 0 Å². The minimum Gasteiger partial charge on any atom is -0.458 e. The van der Waals surface area contributed by atoms with Gasteiger partial charge in [0.25, 0.3) is 0 Å². The molecular formula is C21H24F3N3O2. The number of carbonyl (C=O) groups excluding carboxylic acids is 1. The topological polar surface area (TPSA) is 55.3 Å². The van der Waals surface area contributed by atoms with Gasteiger partial charge in [-0.1, -0.05) is 30.3 Å². The van der Waals surface area contributed by atoms with Crippen molar-refractivity contribution < 1.29 is 22.7 Å². The molecule has 29 heavy (non-hydrogen) atoms. The van der Waals surface area contributed by atoms with Crippen molar-refractivity contribution in [3.05, 3.63) is 53.9 Å². The fourth-order valence-corrected chi connectivity index (χ4v) is 3.37. The molecule has 156 valence electrons. The molecule has 0 bridgehead atoms. The molecule has 0 aliphatic carbocycles. The van der Waals surface area contributed by atoms with E-state index in [1.807, 2.05) is 18.2 Å². The quantitative estimate of drug-likeness (QED) is 0.643. The predicted molar refractivity (Wildman–Crippen MR) is 101 cm³/mol. The first-order chi connectivity index (χ1) is 13.9. The maximum Gasteiger partial charge on any atom is 0.433 e. The molecule has 0 N–H and O–H groups in total. The Bertz CT molecular complexity index is 799. The van der Waals surface area contributed by atoms with E-state index in [1.165, 1.54) is 5.56 Å². The summed E-state index contributed by atoms with van der Waals surface area (Å²) in [6.45, 7) is 0.984. The monoisotopic (exact) mass is 407 g/mol. The minimum absolute atomic E-state index is 0.0522. The number of unbranched alkanes of at least 4 members (excludes halogenated alkanes) is 1. The molecule has 1 saturated heterocycles. The van der Waals surface area contributed by atoms with Crippen LogP contribution in [0.1, 0.15) is 43.4 Å². The largest absolute Gasteiger partial charge is 0.458 e. The summed E-state index contributed by atoms with van der Waals surface area (Å²) in [5, 5.41) is 0. The van der Waals surface area contributed by atoms with Gasteiger partial charge in [-0.3, -0.25) is 4.79 Å². The number of hydrogen-bond acceptors (Lipinski definition) is 4. The van der Waals surface area contributed by atoms with Gasteiger partial charge in [-0.15, -0.1) is 0 Å². The summed E-state index contributed by atoms with van der Waals surface area (Å²) < 4.78 is 43.9. The highest BCUT2D eigenvalue weighted by atomic mass is 19.4. The number of benzene rings is 1. The molecule has 1 aliphatic rings. The fraction of sp³-hybridized carbons (Fsp3) is 0.476. The zero-order valence-corrected chi connectivity index (χ0v) is 16.1. The molecule has 2 aromatic rings. The molecular weight excluding hydrogens is 383 g/mol. The highest BCUT2D eigenvalue weighted by Gasteiger charge is 2.33. The van der Waals surface area contributed by atoms with Gasteiger partial charge < -0.3 is 9.64 Å². The third-order valence-corrected chi connectivity index (χ3v) is 4.88. The van der Waals surface area contributed by atoms with Crippen molar-refractivity contribution in [3.8, 4) is 6.01 Å². The van der Waals surface area contributed by atoms with E-state index in [1.54, 1.807) is 4.90 Å². The highest BCUT2D eigenvalue weighted by Crippen LogP contribution is 2.28. The Morgan fingerprint density at radius 3 is 2.72 bits per heavy atom. The fourth-order valence-electron chi connectivity index (χ4n) is 3.37. The number of amides is 1. The van der Waals surface area contributed by atoms with Crippen LogP contribution in [0.5, 0.6) is 6.01 Å². The van der Waals surface area contributed by atoms with E-state index < -0.39 is 18.0 Å². The average molecular weight is 407 g/mol. The third kappa shape index (κ3) is 6.44. The van der Waals surface area contributed by atoms with Gasteiger partial charge in [0.1, 0.15) is 6.10 Å². The SMILES string of the molecule is O=C(CCCCc1ccccc1)N1CCCC(Oc2nccc(C(F)(F)F)n2)C1. The van der Waals surface area contributed by atoms with E-state index in [0.717, 1.165) is 37.9 Å². The van der Waals surface area contributed by atoms with Crippen LogP contribution in [0, 0.1) is 0 Å². The number of aryl methyl sites for hydroxylation is 1. The number of likely N-dealkylation sites (tertiary alicyclic amines) is 1. The molecule has 3 rings (SSSR count). The van der Waals surface area contributed by atoms with Crippen LogP contribution in [0.2, 0.25) is 0 Å². The van der Waals surface area contributed by atoms with E-state index in [4.69, 9.17) is 4.74 Å². The first-order valence-electron chi connectivity index (χ1n) is 9.80. The van der Waals surface area contributed by atoms with Gasteiger partial charge in [-0.2, -0.15) is 18.2 Å². The van der Waals surface area contributed by atoms with Crippen molar-refractivity contribution in [1.82, 2.24) is 14.9 Å². The predicted octanol–water partition coefficient (Wildman–Crippen LogP) is 4.28. The summed E-state index contributed by atoms with van der Waals surface area (Å²) in [4.78, 5) is 21.4. The molecule has 2 heterocycles.